The van der Waals surface area contributed by atoms with Crippen LogP contribution in [0.25, 0.3) is 0 Å². The van der Waals surface area contributed by atoms with Crippen LogP contribution in [-0.4, -0.2) is 41.5 Å². The standard InChI is InChI=1S/C15H22N2O3/c1-3-4-9-17(10-11-18)15(20)14(19)16-13-7-5-12(2)6-8-13/h5-8,18H,3-4,9-11H2,1-2H3,(H,16,19). The summed E-state index contributed by atoms with van der Waals surface area (Å²) >= 11 is 0. The van der Waals surface area contributed by atoms with Crippen LogP contribution in [0.15, 0.2) is 24.3 Å². The van der Waals surface area contributed by atoms with Gasteiger partial charge >= 0.3 is 11.8 Å². The average molecular weight is 278 g/mol. The molecule has 1 aromatic rings. The van der Waals surface area contributed by atoms with Gasteiger partial charge in [0.05, 0.1) is 6.61 Å². The molecule has 0 saturated heterocycles. The van der Waals surface area contributed by atoms with Crippen LogP contribution in [-0.2, 0) is 9.59 Å². The molecule has 20 heavy (non-hydrogen) atoms. The molecule has 5 nitrogen and oxygen atoms in total. The highest BCUT2D eigenvalue weighted by Gasteiger charge is 2.20. The molecule has 0 spiro atoms. The Hall–Kier alpha value is -1.88. The second-order valence-electron chi connectivity index (χ2n) is 4.69. The number of anilines is 1. The molecule has 0 aromatic heterocycles. The summed E-state index contributed by atoms with van der Waals surface area (Å²) in [6, 6.07) is 7.23. The van der Waals surface area contributed by atoms with Gasteiger partial charge in [0.15, 0.2) is 0 Å². The van der Waals surface area contributed by atoms with E-state index in [9.17, 15) is 9.59 Å². The number of aliphatic hydroxyl groups is 1. The number of nitrogens with one attached hydrogen (secondary N) is 1. The van der Waals surface area contributed by atoms with E-state index in [-0.39, 0.29) is 13.2 Å². The minimum Gasteiger partial charge on any atom is -0.395 e. The summed E-state index contributed by atoms with van der Waals surface area (Å²) in [4.78, 5) is 25.3. The lowest BCUT2D eigenvalue weighted by molar-refractivity contribution is -0.143. The number of carbonyl (C=O) groups is 2. The fourth-order valence-corrected chi connectivity index (χ4v) is 1.75. The van der Waals surface area contributed by atoms with E-state index in [2.05, 4.69) is 5.32 Å². The summed E-state index contributed by atoms with van der Waals surface area (Å²) in [6.45, 7) is 4.48. The zero-order valence-corrected chi connectivity index (χ0v) is 12.1. The first-order valence-corrected chi connectivity index (χ1v) is 6.86. The van der Waals surface area contributed by atoms with Gasteiger partial charge in [0.1, 0.15) is 0 Å². The van der Waals surface area contributed by atoms with Gasteiger partial charge in [-0.25, -0.2) is 0 Å². The van der Waals surface area contributed by atoms with Crippen LogP contribution >= 0.6 is 0 Å². The molecule has 0 fully saturated rings. The van der Waals surface area contributed by atoms with E-state index in [4.69, 9.17) is 5.11 Å². The summed E-state index contributed by atoms with van der Waals surface area (Å²) in [7, 11) is 0. The summed E-state index contributed by atoms with van der Waals surface area (Å²) in [5, 5.41) is 11.5. The molecule has 5 heteroatoms. The third kappa shape index (κ3) is 5.01. The van der Waals surface area contributed by atoms with Crippen molar-refractivity contribution in [1.29, 1.82) is 0 Å². The smallest absolute Gasteiger partial charge is 0.313 e. The summed E-state index contributed by atoms with van der Waals surface area (Å²) in [5.41, 5.74) is 1.67. The molecule has 0 heterocycles. The molecule has 0 unspecified atom stereocenters. The maximum absolute atomic E-state index is 12.0. The minimum atomic E-state index is -0.668. The second kappa shape index (κ2) is 8.32. The number of nitrogens with zero attached hydrogens (tertiary/aromatic N) is 1. The fourth-order valence-electron chi connectivity index (χ4n) is 1.75. The molecule has 0 saturated carbocycles. The Morgan fingerprint density at radius 3 is 2.40 bits per heavy atom. The van der Waals surface area contributed by atoms with Crippen LogP contribution < -0.4 is 5.32 Å². The molecule has 0 aliphatic rings. The second-order valence-corrected chi connectivity index (χ2v) is 4.69. The number of amides is 2. The number of aliphatic hydroxyl groups excluding tert-OH is 1. The van der Waals surface area contributed by atoms with E-state index in [1.165, 1.54) is 4.90 Å². The van der Waals surface area contributed by atoms with E-state index < -0.39 is 11.8 Å². The third-order valence-corrected chi connectivity index (χ3v) is 2.94. The predicted octanol–water partition coefficient (Wildman–Crippen LogP) is 1.55. The molecule has 0 radical (unpaired) electrons. The van der Waals surface area contributed by atoms with Gasteiger partial charge in [-0.3, -0.25) is 9.59 Å². The van der Waals surface area contributed by atoms with Crippen molar-refractivity contribution in [1.82, 2.24) is 4.90 Å². The zero-order chi connectivity index (χ0) is 15.0. The minimum absolute atomic E-state index is 0.146. The lowest BCUT2D eigenvalue weighted by atomic mass is 10.2. The normalized spacial score (nSPS) is 10.2. The SMILES string of the molecule is CCCCN(CCO)C(=O)C(=O)Nc1ccc(C)cc1. The predicted molar refractivity (Wildman–Crippen MR) is 78.4 cm³/mol. The lowest BCUT2D eigenvalue weighted by Gasteiger charge is -2.20. The van der Waals surface area contributed by atoms with Crippen molar-refractivity contribution in [2.45, 2.75) is 26.7 Å². The average Bonchev–Trinajstić information content (AvgIpc) is 2.45. The van der Waals surface area contributed by atoms with Gasteiger partial charge in [0.25, 0.3) is 0 Å². The van der Waals surface area contributed by atoms with Gasteiger partial charge < -0.3 is 15.3 Å². The molecule has 0 atom stereocenters. The van der Waals surface area contributed by atoms with Gasteiger partial charge in [0.2, 0.25) is 0 Å². The molecule has 2 N–H and O–H groups in total. The highest BCUT2D eigenvalue weighted by Crippen LogP contribution is 2.09. The number of hydrogen-bond donors (Lipinski definition) is 2. The van der Waals surface area contributed by atoms with E-state index in [0.717, 1.165) is 18.4 Å². The highest BCUT2D eigenvalue weighted by molar-refractivity contribution is 6.39. The zero-order valence-electron chi connectivity index (χ0n) is 12.1. The third-order valence-electron chi connectivity index (χ3n) is 2.94. The number of unbranched alkanes of at least 4 members (excludes halogenated alkanes) is 1. The van der Waals surface area contributed by atoms with Crippen LogP contribution in [0.3, 0.4) is 0 Å². The van der Waals surface area contributed by atoms with Crippen molar-refractivity contribution in [2.24, 2.45) is 0 Å². The molecule has 1 rings (SSSR count). The van der Waals surface area contributed by atoms with Crippen molar-refractivity contribution in [3.63, 3.8) is 0 Å². The molecule has 1 aromatic carbocycles. The Morgan fingerprint density at radius 1 is 1.20 bits per heavy atom. The number of carbonyl (C=O) groups excluding carboxylic acids is 2. The Morgan fingerprint density at radius 2 is 1.85 bits per heavy atom. The van der Waals surface area contributed by atoms with Crippen molar-refractivity contribution in [3.8, 4) is 0 Å². The molecule has 2 amide bonds. The van der Waals surface area contributed by atoms with E-state index in [1.807, 2.05) is 26.0 Å². The largest absolute Gasteiger partial charge is 0.395 e. The maximum Gasteiger partial charge on any atom is 0.313 e. The van der Waals surface area contributed by atoms with E-state index in [0.29, 0.717) is 12.2 Å². The van der Waals surface area contributed by atoms with Crippen molar-refractivity contribution < 1.29 is 14.7 Å². The highest BCUT2D eigenvalue weighted by atomic mass is 16.3. The van der Waals surface area contributed by atoms with E-state index >= 15 is 0 Å². The van der Waals surface area contributed by atoms with Gasteiger partial charge in [-0.2, -0.15) is 0 Å². The number of aryl methyl sites for hydroxylation is 1. The Balaban J connectivity index is 2.63. The van der Waals surface area contributed by atoms with Crippen molar-refractivity contribution in [3.05, 3.63) is 29.8 Å². The van der Waals surface area contributed by atoms with Gasteiger partial charge in [0, 0.05) is 18.8 Å². The number of rotatable bonds is 6. The Labute approximate surface area is 119 Å². The first kappa shape index (κ1) is 16.2. The van der Waals surface area contributed by atoms with Crippen LogP contribution in [0, 0.1) is 6.92 Å². The van der Waals surface area contributed by atoms with Gasteiger partial charge in [-0.1, -0.05) is 31.0 Å². The van der Waals surface area contributed by atoms with Crippen LogP contribution in [0.4, 0.5) is 5.69 Å². The lowest BCUT2D eigenvalue weighted by Crippen LogP contribution is -2.41. The monoisotopic (exact) mass is 278 g/mol. The molecule has 0 aliphatic heterocycles. The maximum atomic E-state index is 12.0. The molecule has 110 valence electrons. The molecule has 0 bridgehead atoms. The summed E-state index contributed by atoms with van der Waals surface area (Å²) in [5.74, 6) is -1.27. The van der Waals surface area contributed by atoms with E-state index in [1.54, 1.807) is 12.1 Å². The number of hydrogen-bond acceptors (Lipinski definition) is 3. The number of benzene rings is 1. The topological polar surface area (TPSA) is 69.6 Å². The quantitative estimate of drug-likeness (QED) is 0.776. The van der Waals surface area contributed by atoms with Gasteiger partial charge in [-0.05, 0) is 25.5 Å². The summed E-state index contributed by atoms with van der Waals surface area (Å²) in [6.07, 6.45) is 1.73. The summed E-state index contributed by atoms with van der Waals surface area (Å²) < 4.78 is 0. The van der Waals surface area contributed by atoms with Crippen LogP contribution in [0.5, 0.6) is 0 Å². The van der Waals surface area contributed by atoms with Gasteiger partial charge in [-0.15, -0.1) is 0 Å². The Bertz CT molecular complexity index is 443. The molecular weight excluding hydrogens is 256 g/mol. The molecular formula is C15H22N2O3. The first-order valence-electron chi connectivity index (χ1n) is 6.86. The van der Waals surface area contributed by atoms with Crippen molar-refractivity contribution in [2.75, 3.05) is 25.0 Å². The Kier molecular flexibility index (Phi) is 6.73. The van der Waals surface area contributed by atoms with Crippen molar-refractivity contribution >= 4 is 17.5 Å². The van der Waals surface area contributed by atoms with Crippen LogP contribution in [0.2, 0.25) is 0 Å². The fraction of sp³-hybridized carbons (Fsp3) is 0.467. The first-order chi connectivity index (χ1) is 9.58. The molecule has 0 aliphatic carbocycles. The van der Waals surface area contributed by atoms with Crippen LogP contribution in [0.1, 0.15) is 25.3 Å².